The Balaban J connectivity index is 1.27. The maximum Gasteiger partial charge on any atom is 0.248 e. The van der Waals surface area contributed by atoms with E-state index in [1.54, 1.807) is 41.3 Å². The molecule has 0 bridgehead atoms. The molecular formula is C28H27FN6O3. The van der Waals surface area contributed by atoms with E-state index in [0.29, 0.717) is 43.4 Å². The summed E-state index contributed by atoms with van der Waals surface area (Å²) >= 11 is 0. The van der Waals surface area contributed by atoms with Crippen LogP contribution in [0.25, 0.3) is 0 Å². The second-order valence-electron chi connectivity index (χ2n) is 8.99. The third-order valence-corrected chi connectivity index (χ3v) is 6.27. The molecule has 1 atom stereocenters. The lowest BCUT2D eigenvalue weighted by atomic mass is 10.1. The number of hydrogen-bond acceptors (Lipinski definition) is 6. The van der Waals surface area contributed by atoms with Crippen molar-refractivity contribution in [2.24, 2.45) is 0 Å². The fourth-order valence-corrected chi connectivity index (χ4v) is 4.36. The van der Waals surface area contributed by atoms with Crippen molar-refractivity contribution in [2.45, 2.75) is 19.1 Å². The van der Waals surface area contributed by atoms with Crippen molar-refractivity contribution < 1.29 is 18.7 Å². The summed E-state index contributed by atoms with van der Waals surface area (Å²) in [7, 11) is 0. The minimum absolute atomic E-state index is 0.0118. The Hall–Kier alpha value is -4.57. The number of nitrogens with one attached hydrogen (secondary N) is 1. The SMILES string of the molecule is O=C(Nc1ccc(Oc2ccc(F)cc2)cc1)C1CN(Cc2ccccc2)CCN1C(=O)Cn1cncn1. The highest BCUT2D eigenvalue weighted by atomic mass is 19.1. The van der Waals surface area contributed by atoms with Crippen LogP contribution in [0.3, 0.4) is 0 Å². The number of carbonyl (C=O) groups is 2. The Bertz CT molecular complexity index is 1350. The van der Waals surface area contributed by atoms with Crippen LogP contribution >= 0.6 is 0 Å². The highest BCUT2D eigenvalue weighted by Gasteiger charge is 2.35. The molecule has 194 valence electrons. The lowest BCUT2D eigenvalue weighted by Crippen LogP contribution is -2.59. The number of anilines is 1. The molecule has 0 saturated carbocycles. The van der Waals surface area contributed by atoms with Crippen molar-refractivity contribution in [1.29, 1.82) is 0 Å². The summed E-state index contributed by atoms with van der Waals surface area (Å²) in [5.41, 5.74) is 1.72. The second kappa shape index (κ2) is 11.7. The van der Waals surface area contributed by atoms with Crippen molar-refractivity contribution in [3.63, 3.8) is 0 Å². The van der Waals surface area contributed by atoms with E-state index < -0.39 is 6.04 Å². The Morgan fingerprint density at radius 3 is 2.34 bits per heavy atom. The van der Waals surface area contributed by atoms with Gasteiger partial charge in [-0.2, -0.15) is 5.10 Å². The summed E-state index contributed by atoms with van der Waals surface area (Å²) in [6.45, 7) is 2.17. The van der Waals surface area contributed by atoms with E-state index in [-0.39, 0.29) is 24.2 Å². The zero-order valence-corrected chi connectivity index (χ0v) is 20.6. The van der Waals surface area contributed by atoms with Gasteiger partial charge in [0, 0.05) is 31.9 Å². The molecule has 1 aliphatic rings. The molecule has 3 aromatic carbocycles. The molecule has 0 radical (unpaired) electrons. The molecule has 0 aliphatic carbocycles. The Kier molecular flexibility index (Phi) is 7.70. The zero-order chi connectivity index (χ0) is 26.3. The summed E-state index contributed by atoms with van der Waals surface area (Å²) < 4.78 is 20.3. The first-order chi connectivity index (χ1) is 18.5. The molecule has 1 aromatic heterocycles. The molecule has 2 heterocycles. The number of ether oxygens (including phenoxy) is 1. The standard InChI is InChI=1S/C28H27FN6O3/c29-22-6-10-24(11-7-22)38-25-12-8-23(9-13-25)32-28(37)26-17-33(16-21-4-2-1-3-5-21)14-15-35(26)27(36)18-34-20-30-19-31-34/h1-13,19-20,26H,14-18H2,(H,32,37). The Morgan fingerprint density at radius 2 is 1.66 bits per heavy atom. The summed E-state index contributed by atoms with van der Waals surface area (Å²) in [5, 5.41) is 6.96. The van der Waals surface area contributed by atoms with Crippen LogP contribution in [0.15, 0.2) is 91.5 Å². The van der Waals surface area contributed by atoms with Gasteiger partial charge in [-0.1, -0.05) is 30.3 Å². The number of nitrogens with zero attached hydrogens (tertiary/aromatic N) is 5. The number of hydrogen-bond donors (Lipinski definition) is 1. The van der Waals surface area contributed by atoms with Crippen LogP contribution in [0, 0.1) is 5.82 Å². The lowest BCUT2D eigenvalue weighted by Gasteiger charge is -2.40. The molecule has 38 heavy (non-hydrogen) atoms. The molecule has 0 spiro atoms. The van der Waals surface area contributed by atoms with E-state index in [9.17, 15) is 14.0 Å². The maximum atomic E-state index is 13.5. The first-order valence-electron chi connectivity index (χ1n) is 12.3. The number of halogens is 1. The first kappa shape index (κ1) is 25.1. The second-order valence-corrected chi connectivity index (χ2v) is 8.99. The molecule has 1 unspecified atom stereocenters. The molecule has 2 amide bonds. The van der Waals surface area contributed by atoms with Gasteiger partial charge in [0.15, 0.2) is 0 Å². The molecule has 1 N–H and O–H groups in total. The van der Waals surface area contributed by atoms with Crippen LogP contribution in [-0.4, -0.2) is 62.1 Å². The van der Waals surface area contributed by atoms with Gasteiger partial charge in [0.25, 0.3) is 0 Å². The molecule has 1 saturated heterocycles. The van der Waals surface area contributed by atoms with Gasteiger partial charge in [-0.25, -0.2) is 14.1 Å². The monoisotopic (exact) mass is 514 g/mol. The van der Waals surface area contributed by atoms with Crippen molar-refractivity contribution >= 4 is 17.5 Å². The number of aromatic nitrogens is 3. The molecule has 10 heteroatoms. The van der Waals surface area contributed by atoms with E-state index in [1.807, 2.05) is 30.3 Å². The van der Waals surface area contributed by atoms with Gasteiger partial charge < -0.3 is 15.0 Å². The van der Waals surface area contributed by atoms with Gasteiger partial charge in [0.05, 0.1) is 0 Å². The zero-order valence-electron chi connectivity index (χ0n) is 20.6. The predicted octanol–water partition coefficient (Wildman–Crippen LogP) is 3.56. The predicted molar refractivity (Wildman–Crippen MR) is 139 cm³/mol. The highest BCUT2D eigenvalue weighted by Crippen LogP contribution is 2.24. The third kappa shape index (κ3) is 6.40. The molecule has 1 fully saturated rings. The van der Waals surface area contributed by atoms with Crippen LogP contribution in [0.4, 0.5) is 10.1 Å². The Morgan fingerprint density at radius 1 is 0.947 bits per heavy atom. The number of amides is 2. The van der Waals surface area contributed by atoms with E-state index in [0.717, 1.165) is 5.56 Å². The quantitative estimate of drug-likeness (QED) is 0.387. The van der Waals surface area contributed by atoms with E-state index in [2.05, 4.69) is 20.3 Å². The first-order valence-corrected chi connectivity index (χ1v) is 12.3. The average Bonchev–Trinajstić information content (AvgIpc) is 3.44. The summed E-state index contributed by atoms with van der Waals surface area (Å²) in [6, 6.07) is 22.0. The number of benzene rings is 3. The topological polar surface area (TPSA) is 92.6 Å². The van der Waals surface area contributed by atoms with Crippen LogP contribution in [0.1, 0.15) is 5.56 Å². The van der Waals surface area contributed by atoms with Crippen molar-refractivity contribution in [1.82, 2.24) is 24.6 Å². The molecule has 9 nitrogen and oxygen atoms in total. The van der Waals surface area contributed by atoms with Gasteiger partial charge >= 0.3 is 0 Å². The molecule has 5 rings (SSSR count). The van der Waals surface area contributed by atoms with E-state index in [4.69, 9.17) is 4.74 Å². The van der Waals surface area contributed by atoms with Crippen molar-refractivity contribution in [3.05, 3.63) is 103 Å². The fraction of sp³-hybridized carbons (Fsp3) is 0.214. The fourth-order valence-electron chi connectivity index (χ4n) is 4.36. The van der Waals surface area contributed by atoms with Crippen LogP contribution in [-0.2, 0) is 22.7 Å². The van der Waals surface area contributed by atoms with Crippen molar-refractivity contribution in [3.8, 4) is 11.5 Å². The minimum Gasteiger partial charge on any atom is -0.457 e. The van der Waals surface area contributed by atoms with Gasteiger partial charge in [-0.3, -0.25) is 14.5 Å². The largest absolute Gasteiger partial charge is 0.457 e. The third-order valence-electron chi connectivity index (χ3n) is 6.27. The number of carbonyl (C=O) groups excluding carboxylic acids is 2. The minimum atomic E-state index is -0.682. The smallest absolute Gasteiger partial charge is 0.248 e. The number of rotatable bonds is 8. The van der Waals surface area contributed by atoms with Crippen LogP contribution < -0.4 is 10.1 Å². The summed E-state index contributed by atoms with van der Waals surface area (Å²) in [5.74, 6) is 0.241. The molecular weight excluding hydrogens is 487 g/mol. The average molecular weight is 515 g/mol. The van der Waals surface area contributed by atoms with E-state index in [1.165, 1.54) is 29.5 Å². The maximum absolute atomic E-state index is 13.5. The molecule has 4 aromatic rings. The van der Waals surface area contributed by atoms with Crippen molar-refractivity contribution in [2.75, 3.05) is 25.0 Å². The lowest BCUT2D eigenvalue weighted by molar-refractivity contribution is -0.142. The summed E-state index contributed by atoms with van der Waals surface area (Å²) in [4.78, 5) is 34.3. The van der Waals surface area contributed by atoms with Crippen LogP contribution in [0.2, 0.25) is 0 Å². The highest BCUT2D eigenvalue weighted by molar-refractivity contribution is 5.97. The van der Waals surface area contributed by atoms with Gasteiger partial charge in [0.2, 0.25) is 11.8 Å². The van der Waals surface area contributed by atoms with Gasteiger partial charge in [-0.15, -0.1) is 0 Å². The normalized spacial score (nSPS) is 15.7. The van der Waals surface area contributed by atoms with Gasteiger partial charge in [0.1, 0.15) is 42.6 Å². The van der Waals surface area contributed by atoms with Gasteiger partial charge in [-0.05, 0) is 54.1 Å². The van der Waals surface area contributed by atoms with E-state index >= 15 is 0 Å². The number of piperazine rings is 1. The molecule has 1 aliphatic heterocycles. The Labute approximate surface area is 219 Å². The summed E-state index contributed by atoms with van der Waals surface area (Å²) in [6.07, 6.45) is 2.85. The van der Waals surface area contributed by atoms with Crippen LogP contribution in [0.5, 0.6) is 11.5 Å².